The molecule has 3 nitrogen and oxygen atoms in total. The molecule has 0 radical (unpaired) electrons. The van der Waals surface area contributed by atoms with E-state index in [1.165, 1.54) is 0 Å². The third-order valence-corrected chi connectivity index (χ3v) is 4.06. The van der Waals surface area contributed by atoms with E-state index in [2.05, 4.69) is 26.6 Å². The van der Waals surface area contributed by atoms with E-state index >= 15 is 0 Å². The zero-order valence-electron chi connectivity index (χ0n) is 8.74. The van der Waals surface area contributed by atoms with Crippen molar-refractivity contribution in [2.45, 2.75) is 6.04 Å². The Balaban J connectivity index is 1.98. The van der Waals surface area contributed by atoms with Crippen LogP contribution in [0, 0.1) is 0 Å². The highest BCUT2D eigenvalue weighted by molar-refractivity contribution is 9.10. The highest BCUT2D eigenvalue weighted by atomic mass is 79.9. The number of halogens is 1. The van der Waals surface area contributed by atoms with Gasteiger partial charge in [0.05, 0.1) is 11.4 Å². The molecule has 1 unspecified atom stereocenters. The van der Waals surface area contributed by atoms with Crippen LogP contribution in [0.3, 0.4) is 0 Å². The molecule has 1 aliphatic heterocycles. The van der Waals surface area contributed by atoms with Crippen LogP contribution in [-0.2, 0) is 4.79 Å². The van der Waals surface area contributed by atoms with Crippen molar-refractivity contribution >= 4 is 44.5 Å². The highest BCUT2D eigenvalue weighted by Gasteiger charge is 2.27. The van der Waals surface area contributed by atoms with Crippen LogP contribution < -0.4 is 10.6 Å². The standard InChI is InChI=1S/C12H9BrN2OS/c13-7-3-4-8-9(6-7)15-12(16)11(14-8)10-2-1-5-17-10/h1-6,11,14H,(H,15,16). The first-order valence-corrected chi connectivity index (χ1v) is 6.81. The minimum absolute atomic E-state index is 0.0157. The van der Waals surface area contributed by atoms with E-state index in [1.807, 2.05) is 35.7 Å². The van der Waals surface area contributed by atoms with Gasteiger partial charge in [0, 0.05) is 9.35 Å². The number of carbonyl (C=O) groups excluding carboxylic acids is 1. The van der Waals surface area contributed by atoms with Crippen LogP contribution in [0.4, 0.5) is 11.4 Å². The molecular weight excluding hydrogens is 300 g/mol. The molecular formula is C12H9BrN2OS. The molecule has 2 heterocycles. The fraction of sp³-hybridized carbons (Fsp3) is 0.0833. The lowest BCUT2D eigenvalue weighted by atomic mass is 10.1. The van der Waals surface area contributed by atoms with Crippen molar-refractivity contribution in [3.05, 3.63) is 45.1 Å². The second kappa shape index (κ2) is 4.16. The highest BCUT2D eigenvalue weighted by Crippen LogP contribution is 2.35. The van der Waals surface area contributed by atoms with E-state index in [0.29, 0.717) is 0 Å². The van der Waals surface area contributed by atoms with Gasteiger partial charge in [-0.15, -0.1) is 11.3 Å². The van der Waals surface area contributed by atoms with Gasteiger partial charge in [-0.25, -0.2) is 0 Å². The number of hydrogen-bond acceptors (Lipinski definition) is 3. The summed E-state index contributed by atoms with van der Waals surface area (Å²) in [5.41, 5.74) is 1.77. The van der Waals surface area contributed by atoms with E-state index in [1.54, 1.807) is 11.3 Å². The molecule has 0 aliphatic carbocycles. The van der Waals surface area contributed by atoms with Gasteiger partial charge in [0.1, 0.15) is 6.04 Å². The zero-order valence-corrected chi connectivity index (χ0v) is 11.1. The molecule has 1 aromatic carbocycles. The molecule has 0 bridgehead atoms. The van der Waals surface area contributed by atoms with Crippen molar-refractivity contribution in [2.24, 2.45) is 0 Å². The third-order valence-electron chi connectivity index (χ3n) is 2.63. The summed E-state index contributed by atoms with van der Waals surface area (Å²) in [6.45, 7) is 0. The van der Waals surface area contributed by atoms with Gasteiger partial charge in [0.15, 0.2) is 0 Å². The molecule has 0 spiro atoms. The number of fused-ring (bicyclic) bond motifs is 1. The summed E-state index contributed by atoms with van der Waals surface area (Å²) < 4.78 is 0.952. The second-order valence-corrected chi connectivity index (χ2v) is 5.67. The van der Waals surface area contributed by atoms with Crippen LogP contribution in [0.25, 0.3) is 0 Å². The van der Waals surface area contributed by atoms with Crippen LogP contribution in [0.2, 0.25) is 0 Å². The number of thiophene rings is 1. The van der Waals surface area contributed by atoms with Gasteiger partial charge in [-0.3, -0.25) is 4.79 Å². The van der Waals surface area contributed by atoms with Gasteiger partial charge in [-0.1, -0.05) is 22.0 Å². The maximum absolute atomic E-state index is 12.0. The molecule has 2 aromatic rings. The lowest BCUT2D eigenvalue weighted by Gasteiger charge is -2.26. The van der Waals surface area contributed by atoms with E-state index < -0.39 is 0 Å². The van der Waals surface area contributed by atoms with Gasteiger partial charge < -0.3 is 10.6 Å². The van der Waals surface area contributed by atoms with Crippen molar-refractivity contribution in [1.29, 1.82) is 0 Å². The molecule has 1 aliphatic rings. The molecule has 0 fully saturated rings. The Morgan fingerprint density at radius 1 is 1.24 bits per heavy atom. The van der Waals surface area contributed by atoms with Crippen molar-refractivity contribution in [3.8, 4) is 0 Å². The lowest BCUT2D eigenvalue weighted by molar-refractivity contribution is -0.117. The summed E-state index contributed by atoms with van der Waals surface area (Å²) in [7, 11) is 0. The van der Waals surface area contributed by atoms with Gasteiger partial charge in [0.2, 0.25) is 0 Å². The smallest absolute Gasteiger partial charge is 0.252 e. The van der Waals surface area contributed by atoms with Gasteiger partial charge in [-0.2, -0.15) is 0 Å². The van der Waals surface area contributed by atoms with Crippen LogP contribution in [0.1, 0.15) is 10.9 Å². The molecule has 0 saturated carbocycles. The Bertz CT molecular complexity index is 568. The summed E-state index contributed by atoms with van der Waals surface area (Å²) in [6.07, 6.45) is 0. The first kappa shape index (κ1) is 10.8. The molecule has 1 aromatic heterocycles. The van der Waals surface area contributed by atoms with Crippen LogP contribution >= 0.6 is 27.3 Å². The number of carbonyl (C=O) groups is 1. The van der Waals surface area contributed by atoms with Gasteiger partial charge in [0.25, 0.3) is 5.91 Å². The van der Waals surface area contributed by atoms with Gasteiger partial charge in [-0.05, 0) is 29.6 Å². The number of anilines is 2. The Morgan fingerprint density at radius 3 is 2.88 bits per heavy atom. The van der Waals surface area contributed by atoms with E-state index in [9.17, 15) is 4.79 Å². The number of amides is 1. The summed E-state index contributed by atoms with van der Waals surface area (Å²) in [4.78, 5) is 13.0. The monoisotopic (exact) mass is 308 g/mol. The van der Waals surface area contributed by atoms with E-state index in [0.717, 1.165) is 20.7 Å². The summed E-state index contributed by atoms with van der Waals surface area (Å²) >= 11 is 4.97. The first-order valence-electron chi connectivity index (χ1n) is 5.14. The maximum Gasteiger partial charge on any atom is 0.252 e. The second-order valence-electron chi connectivity index (χ2n) is 3.77. The molecule has 5 heteroatoms. The van der Waals surface area contributed by atoms with Crippen LogP contribution in [-0.4, -0.2) is 5.91 Å². The molecule has 86 valence electrons. The van der Waals surface area contributed by atoms with Gasteiger partial charge >= 0.3 is 0 Å². The Morgan fingerprint density at radius 2 is 2.12 bits per heavy atom. The molecule has 1 atom stereocenters. The normalized spacial score (nSPS) is 18.2. The fourth-order valence-corrected chi connectivity index (χ4v) is 2.96. The fourth-order valence-electron chi connectivity index (χ4n) is 1.83. The number of hydrogen-bond donors (Lipinski definition) is 2. The zero-order chi connectivity index (χ0) is 11.8. The summed E-state index contributed by atoms with van der Waals surface area (Å²) in [5.74, 6) is -0.0157. The molecule has 1 amide bonds. The molecule has 2 N–H and O–H groups in total. The third kappa shape index (κ3) is 1.96. The quantitative estimate of drug-likeness (QED) is 0.845. The SMILES string of the molecule is O=C1Nc2cc(Br)ccc2NC1c1cccs1. The Kier molecular flexibility index (Phi) is 2.64. The number of rotatable bonds is 1. The van der Waals surface area contributed by atoms with Crippen molar-refractivity contribution in [1.82, 2.24) is 0 Å². The minimum Gasteiger partial charge on any atom is -0.368 e. The van der Waals surface area contributed by atoms with Crippen molar-refractivity contribution < 1.29 is 4.79 Å². The van der Waals surface area contributed by atoms with Crippen molar-refractivity contribution in [3.63, 3.8) is 0 Å². The minimum atomic E-state index is -0.288. The molecule has 0 saturated heterocycles. The molecule has 17 heavy (non-hydrogen) atoms. The average molecular weight is 309 g/mol. The van der Waals surface area contributed by atoms with E-state index in [-0.39, 0.29) is 11.9 Å². The number of benzene rings is 1. The summed E-state index contributed by atoms with van der Waals surface area (Å²) in [6, 6.07) is 9.43. The predicted octanol–water partition coefficient (Wildman–Crippen LogP) is 3.62. The predicted molar refractivity (Wildman–Crippen MR) is 73.5 cm³/mol. The molecule has 3 rings (SSSR count). The Hall–Kier alpha value is -1.33. The maximum atomic E-state index is 12.0. The van der Waals surface area contributed by atoms with Crippen LogP contribution in [0.15, 0.2) is 40.2 Å². The first-order chi connectivity index (χ1) is 8.24. The average Bonchev–Trinajstić information content (AvgIpc) is 2.81. The largest absolute Gasteiger partial charge is 0.368 e. The van der Waals surface area contributed by atoms with E-state index in [4.69, 9.17) is 0 Å². The topological polar surface area (TPSA) is 41.1 Å². The Labute approximate surface area is 111 Å². The lowest BCUT2D eigenvalue weighted by Crippen LogP contribution is -2.31. The summed E-state index contributed by atoms with van der Waals surface area (Å²) in [5, 5.41) is 8.14. The number of nitrogens with one attached hydrogen (secondary N) is 2. The van der Waals surface area contributed by atoms with Crippen LogP contribution in [0.5, 0.6) is 0 Å². The van der Waals surface area contributed by atoms with Crippen molar-refractivity contribution in [2.75, 3.05) is 10.6 Å².